The average Bonchev–Trinajstić information content (AvgIpc) is 2.76. The van der Waals surface area contributed by atoms with E-state index in [0.717, 1.165) is 29.5 Å². The van der Waals surface area contributed by atoms with Crippen LogP contribution >= 0.6 is 0 Å². The third-order valence-electron chi connectivity index (χ3n) is 3.04. The fraction of sp³-hybridized carbons (Fsp3) is 0.438. The Bertz CT molecular complexity index is 544. The third-order valence-corrected chi connectivity index (χ3v) is 3.04. The first-order valence-electron chi connectivity index (χ1n) is 6.91. The van der Waals surface area contributed by atoms with Crippen LogP contribution in [0.4, 0.5) is 0 Å². The Kier molecular flexibility index (Phi) is 4.79. The third kappa shape index (κ3) is 4.10. The highest BCUT2D eigenvalue weighted by Gasteiger charge is 2.08. The molecule has 0 bridgehead atoms. The summed E-state index contributed by atoms with van der Waals surface area (Å²) < 4.78 is 11.4. The van der Waals surface area contributed by atoms with Gasteiger partial charge in [-0.3, -0.25) is 4.98 Å². The molecular formula is C16H22N2O2. The summed E-state index contributed by atoms with van der Waals surface area (Å²) in [4.78, 5) is 4.20. The number of pyridine rings is 1. The standard InChI is InChI=1S/C16H22N2O2/c1-11(2)17-8-14-7-16(20-13(14)4)10-19-15-6-5-12(3)18-9-15/h5-7,9,11,17H,8,10H2,1-4H3. The predicted octanol–water partition coefficient (Wildman–Crippen LogP) is 3.37. The van der Waals surface area contributed by atoms with Crippen molar-refractivity contribution in [1.82, 2.24) is 10.3 Å². The summed E-state index contributed by atoms with van der Waals surface area (Å²) in [6, 6.07) is 6.36. The zero-order valence-corrected chi connectivity index (χ0v) is 12.6. The normalized spacial score (nSPS) is 11.1. The molecule has 2 heterocycles. The first kappa shape index (κ1) is 14.6. The Hall–Kier alpha value is -1.81. The van der Waals surface area contributed by atoms with E-state index < -0.39 is 0 Å². The molecular weight excluding hydrogens is 252 g/mol. The van der Waals surface area contributed by atoms with Crippen molar-refractivity contribution in [3.63, 3.8) is 0 Å². The Balaban J connectivity index is 1.93. The zero-order chi connectivity index (χ0) is 14.5. The summed E-state index contributed by atoms with van der Waals surface area (Å²) in [5.74, 6) is 2.54. The summed E-state index contributed by atoms with van der Waals surface area (Å²) >= 11 is 0. The van der Waals surface area contributed by atoms with Gasteiger partial charge in [0.25, 0.3) is 0 Å². The largest absolute Gasteiger partial charge is 0.484 e. The Morgan fingerprint density at radius 3 is 2.75 bits per heavy atom. The van der Waals surface area contributed by atoms with Crippen LogP contribution < -0.4 is 10.1 Å². The van der Waals surface area contributed by atoms with E-state index in [1.807, 2.05) is 32.0 Å². The number of aryl methyl sites for hydroxylation is 2. The zero-order valence-electron chi connectivity index (χ0n) is 12.6. The molecule has 0 saturated heterocycles. The highest BCUT2D eigenvalue weighted by atomic mass is 16.5. The number of aromatic nitrogens is 1. The highest BCUT2D eigenvalue weighted by molar-refractivity contribution is 5.22. The van der Waals surface area contributed by atoms with E-state index in [0.29, 0.717) is 12.6 Å². The number of hydrogen-bond donors (Lipinski definition) is 1. The van der Waals surface area contributed by atoms with Gasteiger partial charge in [-0.25, -0.2) is 0 Å². The molecule has 0 fully saturated rings. The van der Waals surface area contributed by atoms with Crippen LogP contribution in [0.1, 0.15) is 36.6 Å². The van der Waals surface area contributed by atoms with Crippen molar-refractivity contribution in [2.45, 2.75) is 46.9 Å². The van der Waals surface area contributed by atoms with Crippen LogP contribution in [0.25, 0.3) is 0 Å². The van der Waals surface area contributed by atoms with E-state index in [1.165, 1.54) is 5.56 Å². The van der Waals surface area contributed by atoms with Crippen LogP contribution in [0, 0.1) is 13.8 Å². The molecule has 0 aliphatic heterocycles. The predicted molar refractivity (Wildman–Crippen MR) is 78.7 cm³/mol. The van der Waals surface area contributed by atoms with Crippen molar-refractivity contribution >= 4 is 0 Å². The molecule has 20 heavy (non-hydrogen) atoms. The average molecular weight is 274 g/mol. The molecule has 2 rings (SSSR count). The smallest absolute Gasteiger partial charge is 0.146 e. The SMILES string of the molecule is Cc1ccc(OCc2cc(CNC(C)C)c(C)o2)cn1. The fourth-order valence-electron chi connectivity index (χ4n) is 1.84. The first-order chi connectivity index (χ1) is 9.54. The maximum absolute atomic E-state index is 5.71. The Morgan fingerprint density at radius 2 is 2.10 bits per heavy atom. The fourth-order valence-corrected chi connectivity index (χ4v) is 1.84. The molecule has 0 atom stereocenters. The minimum Gasteiger partial charge on any atom is -0.484 e. The van der Waals surface area contributed by atoms with Crippen LogP contribution in [0.15, 0.2) is 28.8 Å². The van der Waals surface area contributed by atoms with Gasteiger partial charge in [0, 0.05) is 23.8 Å². The van der Waals surface area contributed by atoms with Crippen LogP contribution in [0.2, 0.25) is 0 Å². The van der Waals surface area contributed by atoms with Gasteiger partial charge >= 0.3 is 0 Å². The molecule has 0 unspecified atom stereocenters. The lowest BCUT2D eigenvalue weighted by atomic mass is 10.2. The number of furan rings is 1. The van der Waals surface area contributed by atoms with Gasteiger partial charge in [0.15, 0.2) is 0 Å². The van der Waals surface area contributed by atoms with Gasteiger partial charge in [-0.1, -0.05) is 13.8 Å². The number of nitrogens with one attached hydrogen (secondary N) is 1. The summed E-state index contributed by atoms with van der Waals surface area (Å²) in [6.07, 6.45) is 1.73. The van der Waals surface area contributed by atoms with E-state index >= 15 is 0 Å². The van der Waals surface area contributed by atoms with Crippen LogP contribution in [-0.2, 0) is 13.2 Å². The lowest BCUT2D eigenvalue weighted by molar-refractivity contribution is 0.266. The molecule has 0 radical (unpaired) electrons. The molecule has 0 spiro atoms. The molecule has 108 valence electrons. The molecule has 0 amide bonds. The summed E-state index contributed by atoms with van der Waals surface area (Å²) in [5, 5.41) is 3.39. The quantitative estimate of drug-likeness (QED) is 0.877. The number of nitrogens with zero attached hydrogens (tertiary/aromatic N) is 1. The van der Waals surface area contributed by atoms with E-state index in [1.54, 1.807) is 6.20 Å². The van der Waals surface area contributed by atoms with E-state index in [-0.39, 0.29) is 0 Å². The lowest BCUT2D eigenvalue weighted by Crippen LogP contribution is -2.21. The van der Waals surface area contributed by atoms with Crippen LogP contribution in [0.5, 0.6) is 5.75 Å². The van der Waals surface area contributed by atoms with Gasteiger partial charge in [-0.15, -0.1) is 0 Å². The summed E-state index contributed by atoms with van der Waals surface area (Å²) in [6.45, 7) is 9.43. The number of hydrogen-bond acceptors (Lipinski definition) is 4. The lowest BCUT2D eigenvalue weighted by Gasteiger charge is -2.06. The van der Waals surface area contributed by atoms with Crippen molar-refractivity contribution < 1.29 is 9.15 Å². The maximum atomic E-state index is 5.71. The minimum absolute atomic E-state index is 0.424. The molecule has 4 nitrogen and oxygen atoms in total. The van der Waals surface area contributed by atoms with Crippen molar-refractivity contribution in [2.75, 3.05) is 0 Å². The van der Waals surface area contributed by atoms with Crippen LogP contribution in [-0.4, -0.2) is 11.0 Å². The second-order valence-corrected chi connectivity index (χ2v) is 5.25. The Morgan fingerprint density at radius 1 is 1.30 bits per heavy atom. The second-order valence-electron chi connectivity index (χ2n) is 5.25. The second kappa shape index (κ2) is 6.57. The van der Waals surface area contributed by atoms with E-state index in [2.05, 4.69) is 24.1 Å². The van der Waals surface area contributed by atoms with E-state index in [4.69, 9.17) is 9.15 Å². The topological polar surface area (TPSA) is 47.3 Å². The first-order valence-corrected chi connectivity index (χ1v) is 6.91. The summed E-state index contributed by atoms with van der Waals surface area (Å²) in [5.41, 5.74) is 2.16. The molecule has 2 aromatic rings. The van der Waals surface area contributed by atoms with Gasteiger partial charge in [-0.2, -0.15) is 0 Å². The van der Waals surface area contributed by atoms with Gasteiger partial charge in [-0.05, 0) is 32.0 Å². The molecule has 0 saturated carbocycles. The van der Waals surface area contributed by atoms with Crippen LogP contribution in [0.3, 0.4) is 0 Å². The van der Waals surface area contributed by atoms with Gasteiger partial charge in [0.2, 0.25) is 0 Å². The van der Waals surface area contributed by atoms with Gasteiger partial charge < -0.3 is 14.5 Å². The van der Waals surface area contributed by atoms with Gasteiger partial charge in [0.05, 0.1) is 6.20 Å². The molecule has 0 aromatic carbocycles. The maximum Gasteiger partial charge on any atom is 0.146 e. The van der Waals surface area contributed by atoms with Crippen molar-refractivity contribution in [2.24, 2.45) is 0 Å². The molecule has 0 aliphatic carbocycles. The van der Waals surface area contributed by atoms with Gasteiger partial charge in [0.1, 0.15) is 23.9 Å². The molecule has 4 heteroatoms. The van der Waals surface area contributed by atoms with Crippen molar-refractivity contribution in [1.29, 1.82) is 0 Å². The molecule has 2 aromatic heterocycles. The highest BCUT2D eigenvalue weighted by Crippen LogP contribution is 2.17. The molecule has 1 N–H and O–H groups in total. The minimum atomic E-state index is 0.424. The van der Waals surface area contributed by atoms with E-state index in [9.17, 15) is 0 Å². The number of rotatable bonds is 6. The van der Waals surface area contributed by atoms with Crippen molar-refractivity contribution in [3.05, 3.63) is 47.2 Å². The van der Waals surface area contributed by atoms with Crippen molar-refractivity contribution in [3.8, 4) is 5.75 Å². The number of ether oxygens (including phenoxy) is 1. The monoisotopic (exact) mass is 274 g/mol. The Labute approximate surface area is 120 Å². The summed E-state index contributed by atoms with van der Waals surface area (Å²) in [7, 11) is 0. The molecule has 0 aliphatic rings.